The van der Waals surface area contributed by atoms with Gasteiger partial charge in [0, 0.05) is 49.8 Å². The molecule has 2 atom stereocenters. The van der Waals surface area contributed by atoms with Crippen LogP contribution in [0.4, 0.5) is 0 Å². The average Bonchev–Trinajstić information content (AvgIpc) is 2.82. The largest absolute Gasteiger partial charge is 0.384 e. The number of methoxy groups -OCH3 is 1. The molecule has 1 aliphatic carbocycles. The first-order valence-corrected chi connectivity index (χ1v) is 7.48. The summed E-state index contributed by atoms with van der Waals surface area (Å²) in [7, 11) is 1.73. The highest BCUT2D eigenvalue weighted by molar-refractivity contribution is 5.80. The van der Waals surface area contributed by atoms with E-state index in [1.54, 1.807) is 7.11 Å². The molecule has 1 aliphatic heterocycles. The fourth-order valence-electron chi connectivity index (χ4n) is 3.28. The van der Waals surface area contributed by atoms with Crippen LogP contribution in [0, 0.1) is 11.8 Å². The van der Waals surface area contributed by atoms with Crippen LogP contribution in [0.15, 0.2) is 24.4 Å². The van der Waals surface area contributed by atoms with Crippen LogP contribution < -0.4 is 0 Å². The molecule has 0 radical (unpaired) electrons. The highest BCUT2D eigenvalue weighted by Crippen LogP contribution is 2.35. The third-order valence-corrected chi connectivity index (χ3v) is 4.66. The molecule has 1 aromatic heterocycles. The molecular formula is C16H22N2O2. The van der Waals surface area contributed by atoms with Gasteiger partial charge in [0.25, 0.3) is 0 Å². The van der Waals surface area contributed by atoms with E-state index < -0.39 is 0 Å². The second-order valence-electron chi connectivity index (χ2n) is 5.95. The van der Waals surface area contributed by atoms with Crippen LogP contribution in [0.1, 0.15) is 30.9 Å². The molecule has 4 nitrogen and oxygen atoms in total. The number of hydrogen-bond acceptors (Lipinski definition) is 3. The second-order valence-corrected chi connectivity index (χ2v) is 5.95. The summed E-state index contributed by atoms with van der Waals surface area (Å²) in [6, 6.07) is 6.01. The molecule has 0 aromatic carbocycles. The number of amides is 1. The van der Waals surface area contributed by atoms with Crippen LogP contribution in [-0.4, -0.2) is 42.6 Å². The van der Waals surface area contributed by atoms with E-state index in [1.807, 2.05) is 23.2 Å². The lowest BCUT2D eigenvalue weighted by Crippen LogP contribution is -2.37. The Morgan fingerprint density at radius 2 is 2.25 bits per heavy atom. The van der Waals surface area contributed by atoms with Crippen LogP contribution in [0.5, 0.6) is 0 Å². The van der Waals surface area contributed by atoms with Crippen molar-refractivity contribution >= 4 is 5.91 Å². The number of ether oxygens (including phenoxy) is 1. The van der Waals surface area contributed by atoms with Crippen LogP contribution in [0.25, 0.3) is 0 Å². The van der Waals surface area contributed by atoms with E-state index in [1.165, 1.54) is 6.42 Å². The lowest BCUT2D eigenvalue weighted by molar-refractivity contribution is -0.137. The van der Waals surface area contributed by atoms with Gasteiger partial charge in [-0.15, -0.1) is 0 Å². The van der Waals surface area contributed by atoms with Crippen molar-refractivity contribution < 1.29 is 9.53 Å². The number of nitrogens with zero attached hydrogens (tertiary/aromatic N) is 2. The topological polar surface area (TPSA) is 42.4 Å². The van der Waals surface area contributed by atoms with Gasteiger partial charge >= 0.3 is 0 Å². The predicted octanol–water partition coefficient (Wildman–Crippen LogP) is 2.07. The number of carbonyl (C=O) groups excluding carboxylic acids is 1. The van der Waals surface area contributed by atoms with E-state index in [0.29, 0.717) is 24.3 Å². The van der Waals surface area contributed by atoms with Gasteiger partial charge in [-0.3, -0.25) is 9.78 Å². The molecular weight excluding hydrogens is 252 g/mol. The Morgan fingerprint density at radius 1 is 1.40 bits per heavy atom. The van der Waals surface area contributed by atoms with E-state index in [9.17, 15) is 4.79 Å². The number of rotatable bonds is 4. The summed E-state index contributed by atoms with van der Waals surface area (Å²) < 4.78 is 5.34. The maximum atomic E-state index is 12.4. The number of hydrogen-bond donors (Lipinski definition) is 0. The molecule has 0 N–H and O–H groups in total. The minimum Gasteiger partial charge on any atom is -0.384 e. The molecule has 3 rings (SSSR count). The fourth-order valence-corrected chi connectivity index (χ4v) is 3.28. The highest BCUT2D eigenvalue weighted by atomic mass is 16.5. The Labute approximate surface area is 120 Å². The Morgan fingerprint density at radius 3 is 2.85 bits per heavy atom. The van der Waals surface area contributed by atoms with Crippen molar-refractivity contribution in [1.29, 1.82) is 0 Å². The van der Waals surface area contributed by atoms with Gasteiger partial charge in [-0.25, -0.2) is 0 Å². The first-order chi connectivity index (χ1) is 9.79. The lowest BCUT2D eigenvalue weighted by atomic mass is 9.84. The molecule has 4 heteroatoms. The maximum Gasteiger partial charge on any atom is 0.225 e. The van der Waals surface area contributed by atoms with Crippen LogP contribution in [0.3, 0.4) is 0 Å². The van der Waals surface area contributed by atoms with Crippen molar-refractivity contribution in [2.45, 2.75) is 25.2 Å². The van der Waals surface area contributed by atoms with Crippen molar-refractivity contribution in [1.82, 2.24) is 9.88 Å². The molecule has 0 spiro atoms. The Kier molecular flexibility index (Phi) is 4.01. The normalized spacial score (nSPS) is 26.6. The Balaban J connectivity index is 1.73. The maximum absolute atomic E-state index is 12.4. The zero-order valence-corrected chi connectivity index (χ0v) is 12.0. The van der Waals surface area contributed by atoms with Gasteiger partial charge < -0.3 is 9.64 Å². The summed E-state index contributed by atoms with van der Waals surface area (Å²) in [6.45, 7) is 2.29. The molecule has 1 amide bonds. The number of pyridine rings is 1. The van der Waals surface area contributed by atoms with Gasteiger partial charge in [0.05, 0.1) is 6.61 Å². The zero-order chi connectivity index (χ0) is 13.9. The van der Waals surface area contributed by atoms with E-state index in [2.05, 4.69) is 11.1 Å². The third kappa shape index (κ3) is 2.57. The smallest absolute Gasteiger partial charge is 0.225 e. The van der Waals surface area contributed by atoms with Crippen molar-refractivity contribution in [3.63, 3.8) is 0 Å². The van der Waals surface area contributed by atoms with Crippen molar-refractivity contribution in [3.05, 3.63) is 30.1 Å². The van der Waals surface area contributed by atoms with Gasteiger partial charge in [0.1, 0.15) is 0 Å². The molecule has 1 saturated carbocycles. The minimum absolute atomic E-state index is 0.278. The van der Waals surface area contributed by atoms with Gasteiger partial charge in [-0.05, 0) is 25.0 Å². The standard InChI is InChI=1S/C16H22N2O2/c1-20-11-13-9-18(16(19)12-5-4-6-12)10-14(13)15-7-2-3-8-17-15/h2-3,7-8,12-14H,4-6,9-11H2,1H3/t13-,14+/m0/s1. The molecule has 1 aromatic rings. The summed E-state index contributed by atoms with van der Waals surface area (Å²) in [5.74, 6) is 1.29. The highest BCUT2D eigenvalue weighted by Gasteiger charge is 2.39. The van der Waals surface area contributed by atoms with E-state index in [0.717, 1.165) is 31.6 Å². The first kappa shape index (κ1) is 13.6. The number of carbonyl (C=O) groups is 1. The monoisotopic (exact) mass is 274 g/mol. The van der Waals surface area contributed by atoms with Gasteiger partial charge in [0.15, 0.2) is 0 Å². The van der Waals surface area contributed by atoms with Gasteiger partial charge in [-0.1, -0.05) is 12.5 Å². The molecule has 0 unspecified atom stereocenters. The molecule has 0 bridgehead atoms. The summed E-state index contributed by atoms with van der Waals surface area (Å²) in [5, 5.41) is 0. The van der Waals surface area contributed by atoms with Crippen molar-refractivity contribution in [2.24, 2.45) is 11.8 Å². The quantitative estimate of drug-likeness (QED) is 0.844. The van der Waals surface area contributed by atoms with Crippen molar-refractivity contribution in [3.8, 4) is 0 Å². The van der Waals surface area contributed by atoms with Crippen LogP contribution in [0.2, 0.25) is 0 Å². The Hall–Kier alpha value is -1.42. The van der Waals surface area contributed by atoms with E-state index in [4.69, 9.17) is 4.74 Å². The molecule has 1 saturated heterocycles. The Bertz CT molecular complexity index is 459. The molecule has 108 valence electrons. The average molecular weight is 274 g/mol. The predicted molar refractivity (Wildman–Crippen MR) is 76.3 cm³/mol. The SMILES string of the molecule is COC[C@@H]1CN(C(=O)C2CCC2)C[C@H]1c1ccccn1. The molecule has 20 heavy (non-hydrogen) atoms. The van der Waals surface area contributed by atoms with Crippen molar-refractivity contribution in [2.75, 3.05) is 26.8 Å². The summed E-state index contributed by atoms with van der Waals surface area (Å²) in [6.07, 6.45) is 5.17. The lowest BCUT2D eigenvalue weighted by Gasteiger charge is -2.29. The third-order valence-electron chi connectivity index (χ3n) is 4.66. The van der Waals surface area contributed by atoms with Crippen LogP contribution in [-0.2, 0) is 9.53 Å². The molecule has 2 fully saturated rings. The zero-order valence-electron chi connectivity index (χ0n) is 12.0. The minimum atomic E-state index is 0.278. The van der Waals surface area contributed by atoms with Gasteiger partial charge in [0.2, 0.25) is 5.91 Å². The van der Waals surface area contributed by atoms with Crippen LogP contribution >= 0.6 is 0 Å². The summed E-state index contributed by atoms with van der Waals surface area (Å²) in [4.78, 5) is 18.9. The summed E-state index contributed by atoms with van der Waals surface area (Å²) in [5.41, 5.74) is 1.08. The van der Waals surface area contributed by atoms with E-state index in [-0.39, 0.29) is 5.92 Å². The first-order valence-electron chi connectivity index (χ1n) is 7.48. The summed E-state index contributed by atoms with van der Waals surface area (Å²) >= 11 is 0. The van der Waals surface area contributed by atoms with Gasteiger partial charge in [-0.2, -0.15) is 0 Å². The molecule has 2 aliphatic rings. The fraction of sp³-hybridized carbons (Fsp3) is 0.625. The second kappa shape index (κ2) is 5.92. The molecule has 2 heterocycles. The number of aromatic nitrogens is 1. The van der Waals surface area contributed by atoms with E-state index >= 15 is 0 Å². The number of likely N-dealkylation sites (tertiary alicyclic amines) is 1.